The van der Waals surface area contributed by atoms with Crippen molar-refractivity contribution in [3.63, 3.8) is 0 Å². The minimum absolute atomic E-state index is 0.221. The van der Waals surface area contributed by atoms with Gasteiger partial charge in [-0.15, -0.1) is 0 Å². The van der Waals surface area contributed by atoms with Crippen LogP contribution in [0.2, 0.25) is 0 Å². The van der Waals surface area contributed by atoms with E-state index in [0.717, 1.165) is 16.8 Å². The standard InChI is InChI=1S/C24H36N4O4S2/c1-20(2)18-24(22-8-6-5-7-9-22)33(29,30)25-19-21-10-12-23(13-11-21)27-14-16-28(17-15-27)34(31,32)26(3)4/h5-13,20,24-25H,14-19H2,1-4H3. The third kappa shape index (κ3) is 6.57. The van der Waals surface area contributed by atoms with Gasteiger partial charge >= 0.3 is 0 Å². The van der Waals surface area contributed by atoms with Gasteiger partial charge in [-0.05, 0) is 35.6 Å². The quantitative estimate of drug-likeness (QED) is 0.533. The molecule has 8 nitrogen and oxygen atoms in total. The van der Waals surface area contributed by atoms with Crippen LogP contribution in [0.15, 0.2) is 54.6 Å². The molecule has 2 aromatic carbocycles. The van der Waals surface area contributed by atoms with Gasteiger partial charge in [0.05, 0.1) is 0 Å². The van der Waals surface area contributed by atoms with E-state index in [0.29, 0.717) is 32.6 Å². The Morgan fingerprint density at radius 3 is 2.00 bits per heavy atom. The zero-order valence-electron chi connectivity index (χ0n) is 20.4. The van der Waals surface area contributed by atoms with E-state index in [9.17, 15) is 16.8 Å². The highest BCUT2D eigenvalue weighted by molar-refractivity contribution is 7.89. The third-order valence-electron chi connectivity index (χ3n) is 6.04. The molecule has 1 unspecified atom stereocenters. The van der Waals surface area contributed by atoms with Gasteiger partial charge in [-0.25, -0.2) is 13.1 Å². The topological polar surface area (TPSA) is 90.0 Å². The third-order valence-corrected chi connectivity index (χ3v) is 9.74. The molecule has 0 aliphatic carbocycles. The van der Waals surface area contributed by atoms with Crippen LogP contribution in [0.25, 0.3) is 0 Å². The Labute approximate surface area is 204 Å². The van der Waals surface area contributed by atoms with Crippen molar-refractivity contribution in [2.75, 3.05) is 45.2 Å². The predicted molar refractivity (Wildman–Crippen MR) is 137 cm³/mol. The minimum Gasteiger partial charge on any atom is -0.369 e. The van der Waals surface area contributed by atoms with Crippen molar-refractivity contribution in [1.29, 1.82) is 0 Å². The zero-order chi connectivity index (χ0) is 24.9. The van der Waals surface area contributed by atoms with E-state index in [-0.39, 0.29) is 12.5 Å². The summed E-state index contributed by atoms with van der Waals surface area (Å²) < 4.78 is 56.4. The van der Waals surface area contributed by atoms with E-state index in [1.807, 2.05) is 68.4 Å². The second kappa shape index (κ2) is 11.2. The highest BCUT2D eigenvalue weighted by Crippen LogP contribution is 2.29. The van der Waals surface area contributed by atoms with Gasteiger partial charge in [0.1, 0.15) is 5.25 Å². The lowest BCUT2D eigenvalue weighted by atomic mass is 10.0. The smallest absolute Gasteiger partial charge is 0.281 e. The summed E-state index contributed by atoms with van der Waals surface area (Å²) in [6.45, 7) is 6.34. The summed E-state index contributed by atoms with van der Waals surface area (Å²) >= 11 is 0. The first kappa shape index (κ1) is 26.6. The van der Waals surface area contributed by atoms with Crippen molar-refractivity contribution in [2.24, 2.45) is 5.92 Å². The Hall–Kier alpha value is -1.98. The van der Waals surface area contributed by atoms with Gasteiger partial charge in [-0.1, -0.05) is 56.3 Å². The summed E-state index contributed by atoms with van der Waals surface area (Å²) in [5.41, 5.74) is 2.67. The largest absolute Gasteiger partial charge is 0.369 e. The Morgan fingerprint density at radius 1 is 0.882 bits per heavy atom. The average molecular weight is 509 g/mol. The molecule has 3 rings (SSSR count). The summed E-state index contributed by atoms with van der Waals surface area (Å²) in [6, 6.07) is 17.1. The number of rotatable bonds is 10. The highest BCUT2D eigenvalue weighted by Gasteiger charge is 2.29. The summed E-state index contributed by atoms with van der Waals surface area (Å²) in [5.74, 6) is 0.245. The zero-order valence-corrected chi connectivity index (χ0v) is 22.0. The summed E-state index contributed by atoms with van der Waals surface area (Å²) in [6.07, 6.45) is 0.549. The van der Waals surface area contributed by atoms with Crippen molar-refractivity contribution in [3.8, 4) is 0 Å². The summed E-state index contributed by atoms with van der Waals surface area (Å²) in [4.78, 5) is 2.14. The number of nitrogens with one attached hydrogen (secondary N) is 1. The molecule has 2 aromatic rings. The van der Waals surface area contributed by atoms with Crippen molar-refractivity contribution in [2.45, 2.75) is 32.1 Å². The first-order valence-electron chi connectivity index (χ1n) is 11.6. The molecule has 0 aromatic heterocycles. The maximum atomic E-state index is 13.1. The van der Waals surface area contributed by atoms with Crippen LogP contribution in [-0.4, -0.2) is 65.7 Å². The molecule has 1 fully saturated rings. The Morgan fingerprint density at radius 2 is 1.47 bits per heavy atom. The number of nitrogens with zero attached hydrogens (tertiary/aromatic N) is 3. The van der Waals surface area contributed by atoms with Crippen molar-refractivity contribution in [3.05, 3.63) is 65.7 Å². The number of anilines is 1. The lowest BCUT2D eigenvalue weighted by Crippen LogP contribution is -2.51. The molecule has 1 atom stereocenters. The van der Waals surface area contributed by atoms with E-state index in [2.05, 4.69) is 9.62 Å². The number of hydrogen-bond donors (Lipinski definition) is 1. The van der Waals surface area contributed by atoms with Gasteiger partial charge in [0.25, 0.3) is 10.2 Å². The van der Waals surface area contributed by atoms with E-state index in [1.54, 1.807) is 14.1 Å². The van der Waals surface area contributed by atoms with Crippen molar-refractivity contribution < 1.29 is 16.8 Å². The molecule has 0 bridgehead atoms. The molecule has 1 saturated heterocycles. The van der Waals surface area contributed by atoms with Crippen LogP contribution < -0.4 is 9.62 Å². The Balaban J connectivity index is 1.61. The lowest BCUT2D eigenvalue weighted by molar-refractivity contribution is 0.355. The predicted octanol–water partition coefficient (Wildman–Crippen LogP) is 2.82. The lowest BCUT2D eigenvalue weighted by Gasteiger charge is -2.36. The monoisotopic (exact) mass is 508 g/mol. The molecule has 34 heavy (non-hydrogen) atoms. The minimum atomic E-state index is -3.55. The van der Waals surface area contributed by atoms with Gasteiger partial charge in [0.15, 0.2) is 0 Å². The number of benzene rings is 2. The molecule has 1 heterocycles. The van der Waals surface area contributed by atoms with E-state index in [4.69, 9.17) is 0 Å². The van der Waals surface area contributed by atoms with Crippen LogP contribution in [0.4, 0.5) is 5.69 Å². The number of hydrogen-bond acceptors (Lipinski definition) is 5. The maximum absolute atomic E-state index is 13.1. The van der Waals surface area contributed by atoms with Crippen LogP contribution >= 0.6 is 0 Å². The van der Waals surface area contributed by atoms with Crippen LogP contribution in [0.1, 0.15) is 36.6 Å². The molecule has 1 aliphatic rings. The normalized spacial score (nSPS) is 16.8. The molecule has 0 spiro atoms. The average Bonchev–Trinajstić information content (AvgIpc) is 2.82. The summed E-state index contributed by atoms with van der Waals surface area (Å²) in [5, 5.41) is -0.595. The molecular weight excluding hydrogens is 472 g/mol. The molecule has 0 saturated carbocycles. The van der Waals surface area contributed by atoms with Gasteiger partial charge in [-0.3, -0.25) is 0 Å². The Bertz CT molecular complexity index is 1130. The summed E-state index contributed by atoms with van der Waals surface area (Å²) in [7, 11) is -3.86. The van der Waals surface area contributed by atoms with Crippen LogP contribution in [-0.2, 0) is 26.8 Å². The first-order chi connectivity index (χ1) is 16.0. The van der Waals surface area contributed by atoms with E-state index >= 15 is 0 Å². The van der Waals surface area contributed by atoms with E-state index < -0.39 is 25.5 Å². The fourth-order valence-electron chi connectivity index (χ4n) is 4.05. The van der Waals surface area contributed by atoms with Crippen molar-refractivity contribution >= 4 is 25.9 Å². The van der Waals surface area contributed by atoms with Crippen LogP contribution in [0.3, 0.4) is 0 Å². The maximum Gasteiger partial charge on any atom is 0.281 e. The SMILES string of the molecule is CC(C)CC(c1ccccc1)S(=O)(=O)NCc1ccc(N2CCN(S(=O)(=O)N(C)C)CC2)cc1. The molecular formula is C24H36N4O4S2. The first-order valence-corrected chi connectivity index (χ1v) is 14.5. The van der Waals surface area contributed by atoms with Gasteiger partial charge < -0.3 is 4.90 Å². The van der Waals surface area contributed by atoms with Crippen LogP contribution in [0, 0.1) is 5.92 Å². The fraction of sp³-hybridized carbons (Fsp3) is 0.500. The Kier molecular flexibility index (Phi) is 8.75. The van der Waals surface area contributed by atoms with Gasteiger partial charge in [0.2, 0.25) is 10.0 Å². The molecule has 1 aliphatic heterocycles. The van der Waals surface area contributed by atoms with Gasteiger partial charge in [0, 0.05) is 52.5 Å². The number of sulfonamides is 1. The molecule has 1 N–H and O–H groups in total. The second-order valence-electron chi connectivity index (χ2n) is 9.24. The molecule has 0 amide bonds. The fourth-order valence-corrected chi connectivity index (χ4v) is 6.86. The van der Waals surface area contributed by atoms with Gasteiger partial charge in [-0.2, -0.15) is 17.0 Å². The molecule has 0 radical (unpaired) electrons. The van der Waals surface area contributed by atoms with Crippen molar-refractivity contribution in [1.82, 2.24) is 13.3 Å². The molecule has 188 valence electrons. The number of piperazine rings is 1. The van der Waals surface area contributed by atoms with Crippen LogP contribution in [0.5, 0.6) is 0 Å². The molecule has 10 heteroatoms. The highest BCUT2D eigenvalue weighted by atomic mass is 32.2. The van der Waals surface area contributed by atoms with E-state index in [1.165, 1.54) is 8.61 Å². The second-order valence-corrected chi connectivity index (χ2v) is 13.3.